The van der Waals surface area contributed by atoms with Crippen LogP contribution in [0, 0.1) is 0 Å². The minimum absolute atomic E-state index is 0.0607. The number of piperidine rings is 1. The number of likely N-dealkylation sites (tertiary alicyclic amines) is 1. The summed E-state index contributed by atoms with van der Waals surface area (Å²) in [6.45, 7) is 2.25. The smallest absolute Gasteiger partial charge is 0.407 e. The lowest BCUT2D eigenvalue weighted by atomic mass is 9.91. The largest absolute Gasteiger partial charge is 0.479 e. The number of nitrogens with zero attached hydrogens (tertiary/aromatic N) is 1. The number of carboxylic acids is 1. The van der Waals surface area contributed by atoms with Crippen LogP contribution in [0.4, 0.5) is 4.79 Å². The highest BCUT2D eigenvalue weighted by molar-refractivity contribution is 5.86. The Bertz CT molecular complexity index is 1010. The van der Waals surface area contributed by atoms with Crippen LogP contribution in [0.5, 0.6) is 0 Å². The number of amides is 2. The molecule has 2 aliphatic rings. The van der Waals surface area contributed by atoms with Gasteiger partial charge in [-0.3, -0.25) is 4.79 Å². The number of nitrogens with one attached hydrogen (secondary N) is 1. The van der Waals surface area contributed by atoms with E-state index < -0.39 is 23.7 Å². The van der Waals surface area contributed by atoms with Gasteiger partial charge in [0.25, 0.3) is 0 Å². The fourth-order valence-corrected chi connectivity index (χ4v) is 4.75. The first kappa shape index (κ1) is 22.8. The number of alkyl carbamates (subject to hydrolysis) is 1. The number of carboxylic acid groups (broad SMARTS) is 1. The molecule has 1 aliphatic heterocycles. The van der Waals surface area contributed by atoms with Gasteiger partial charge in [0.05, 0.1) is 0 Å². The molecular weight excluding hydrogens is 424 g/mol. The molecule has 8 nitrogen and oxygen atoms in total. The van der Waals surface area contributed by atoms with Crippen LogP contribution in [0.25, 0.3) is 11.1 Å². The Labute approximate surface area is 192 Å². The second-order valence-corrected chi connectivity index (χ2v) is 8.52. The molecule has 1 fully saturated rings. The lowest BCUT2D eigenvalue weighted by molar-refractivity contribution is -0.170. The maximum absolute atomic E-state index is 12.8. The molecule has 1 atom stereocenters. The van der Waals surface area contributed by atoms with Crippen molar-refractivity contribution in [3.05, 3.63) is 59.7 Å². The van der Waals surface area contributed by atoms with Crippen molar-refractivity contribution < 1.29 is 29.0 Å². The molecule has 4 rings (SSSR count). The average Bonchev–Trinajstić information content (AvgIpc) is 3.16. The third kappa shape index (κ3) is 4.30. The third-order valence-electron chi connectivity index (χ3n) is 6.71. The van der Waals surface area contributed by atoms with E-state index >= 15 is 0 Å². The lowest BCUT2D eigenvalue weighted by Gasteiger charge is -2.38. The van der Waals surface area contributed by atoms with Crippen LogP contribution in [-0.4, -0.2) is 66.4 Å². The summed E-state index contributed by atoms with van der Waals surface area (Å²) in [5, 5.41) is 12.0. The monoisotopic (exact) mass is 452 g/mol. The first-order chi connectivity index (χ1) is 15.9. The Balaban J connectivity index is 1.33. The van der Waals surface area contributed by atoms with Crippen molar-refractivity contribution in [3.63, 3.8) is 0 Å². The van der Waals surface area contributed by atoms with E-state index in [0.29, 0.717) is 0 Å². The number of fused-ring (bicyclic) bond motifs is 3. The van der Waals surface area contributed by atoms with Crippen LogP contribution in [-0.2, 0) is 19.1 Å². The Morgan fingerprint density at radius 2 is 1.61 bits per heavy atom. The van der Waals surface area contributed by atoms with Gasteiger partial charge in [-0.1, -0.05) is 48.5 Å². The van der Waals surface area contributed by atoms with E-state index in [0.717, 1.165) is 22.3 Å². The fourth-order valence-electron chi connectivity index (χ4n) is 4.75. The number of rotatable bonds is 6. The number of methoxy groups -OCH3 is 1. The molecule has 1 heterocycles. The van der Waals surface area contributed by atoms with Crippen LogP contribution in [0.1, 0.15) is 36.8 Å². The summed E-state index contributed by atoms with van der Waals surface area (Å²) in [6, 6.07) is 15.4. The maximum atomic E-state index is 12.8. The number of carbonyl (C=O) groups excluding carboxylic acids is 2. The Morgan fingerprint density at radius 1 is 1.06 bits per heavy atom. The second-order valence-electron chi connectivity index (χ2n) is 8.52. The summed E-state index contributed by atoms with van der Waals surface area (Å²) >= 11 is 0. The molecule has 8 heteroatoms. The normalized spacial score (nSPS) is 17.6. The zero-order valence-corrected chi connectivity index (χ0v) is 18.7. The van der Waals surface area contributed by atoms with Crippen LogP contribution < -0.4 is 5.32 Å². The second kappa shape index (κ2) is 9.23. The molecule has 0 saturated carbocycles. The fraction of sp³-hybridized carbons (Fsp3) is 0.400. The van der Waals surface area contributed by atoms with Crippen LogP contribution in [0.2, 0.25) is 0 Å². The lowest BCUT2D eigenvalue weighted by Crippen LogP contribution is -2.55. The first-order valence-electron chi connectivity index (χ1n) is 11.0. The van der Waals surface area contributed by atoms with Gasteiger partial charge < -0.3 is 24.8 Å². The third-order valence-corrected chi connectivity index (χ3v) is 6.71. The van der Waals surface area contributed by atoms with E-state index in [-0.39, 0.29) is 44.4 Å². The minimum Gasteiger partial charge on any atom is -0.479 e. The SMILES string of the molecule is COC1(C(=O)O)CCN(C(=O)[C@H](C)NC(=O)OCC2c3ccccc3-c3ccccc32)CC1. The molecule has 2 amide bonds. The summed E-state index contributed by atoms with van der Waals surface area (Å²) in [6.07, 6.45) is -0.267. The maximum Gasteiger partial charge on any atom is 0.407 e. The predicted molar refractivity (Wildman–Crippen MR) is 121 cm³/mol. The summed E-state index contributed by atoms with van der Waals surface area (Å²) < 4.78 is 10.7. The molecule has 0 bridgehead atoms. The summed E-state index contributed by atoms with van der Waals surface area (Å²) in [7, 11) is 1.37. The summed E-state index contributed by atoms with van der Waals surface area (Å²) in [5.41, 5.74) is 3.25. The zero-order valence-electron chi connectivity index (χ0n) is 18.7. The quantitative estimate of drug-likeness (QED) is 0.698. The van der Waals surface area contributed by atoms with Gasteiger partial charge in [0.1, 0.15) is 12.6 Å². The highest BCUT2D eigenvalue weighted by atomic mass is 16.5. The molecule has 2 aromatic carbocycles. The van der Waals surface area contributed by atoms with Gasteiger partial charge in [-0.25, -0.2) is 9.59 Å². The van der Waals surface area contributed by atoms with Crippen molar-refractivity contribution in [1.29, 1.82) is 0 Å². The molecule has 0 aromatic heterocycles. The number of hydrogen-bond acceptors (Lipinski definition) is 5. The molecular formula is C25H28N2O6. The van der Waals surface area contributed by atoms with Gasteiger partial charge in [0.2, 0.25) is 5.91 Å². The first-order valence-corrected chi connectivity index (χ1v) is 11.0. The van der Waals surface area contributed by atoms with Crippen molar-refractivity contribution in [3.8, 4) is 11.1 Å². The van der Waals surface area contributed by atoms with E-state index in [1.807, 2.05) is 36.4 Å². The molecule has 1 saturated heterocycles. The average molecular weight is 453 g/mol. The van der Waals surface area contributed by atoms with E-state index in [1.54, 1.807) is 11.8 Å². The number of benzene rings is 2. The van der Waals surface area contributed by atoms with Crippen molar-refractivity contribution in [1.82, 2.24) is 10.2 Å². The molecule has 33 heavy (non-hydrogen) atoms. The molecule has 1 aliphatic carbocycles. The van der Waals surface area contributed by atoms with Gasteiger partial charge in [0, 0.05) is 39.0 Å². The zero-order chi connectivity index (χ0) is 23.6. The van der Waals surface area contributed by atoms with Gasteiger partial charge in [-0.05, 0) is 29.2 Å². The van der Waals surface area contributed by atoms with Gasteiger partial charge in [-0.2, -0.15) is 0 Å². The number of hydrogen-bond donors (Lipinski definition) is 2. The molecule has 0 unspecified atom stereocenters. The van der Waals surface area contributed by atoms with E-state index in [1.165, 1.54) is 7.11 Å². The van der Waals surface area contributed by atoms with Crippen molar-refractivity contribution in [2.24, 2.45) is 0 Å². The number of ether oxygens (including phenoxy) is 2. The Morgan fingerprint density at radius 3 is 2.12 bits per heavy atom. The van der Waals surface area contributed by atoms with E-state index in [2.05, 4.69) is 17.4 Å². The van der Waals surface area contributed by atoms with Gasteiger partial charge in [0.15, 0.2) is 5.60 Å². The molecule has 0 radical (unpaired) electrons. The Hall–Kier alpha value is -3.39. The molecule has 2 aromatic rings. The van der Waals surface area contributed by atoms with E-state index in [9.17, 15) is 19.5 Å². The highest BCUT2D eigenvalue weighted by Crippen LogP contribution is 2.44. The van der Waals surface area contributed by atoms with Crippen molar-refractivity contribution in [2.75, 3.05) is 26.8 Å². The van der Waals surface area contributed by atoms with Gasteiger partial charge in [-0.15, -0.1) is 0 Å². The Kier molecular flexibility index (Phi) is 6.37. The topological polar surface area (TPSA) is 105 Å². The van der Waals surface area contributed by atoms with Crippen LogP contribution in [0.15, 0.2) is 48.5 Å². The standard InChI is InChI=1S/C25H28N2O6/c1-16(22(28)27-13-11-25(32-2,12-14-27)23(29)30)26-24(31)33-15-21-19-9-5-3-7-17(19)18-8-4-6-10-20(18)21/h3-10,16,21H,11-15H2,1-2H3,(H,26,31)(H,29,30)/t16-/m0/s1. The van der Waals surface area contributed by atoms with Gasteiger partial charge >= 0.3 is 12.1 Å². The van der Waals surface area contributed by atoms with E-state index in [4.69, 9.17) is 9.47 Å². The van der Waals surface area contributed by atoms with Crippen molar-refractivity contribution in [2.45, 2.75) is 37.3 Å². The number of carbonyl (C=O) groups is 3. The van der Waals surface area contributed by atoms with Crippen molar-refractivity contribution >= 4 is 18.0 Å². The summed E-state index contributed by atoms with van der Waals surface area (Å²) in [5.74, 6) is -1.37. The van der Waals surface area contributed by atoms with Crippen LogP contribution in [0.3, 0.4) is 0 Å². The molecule has 0 spiro atoms. The molecule has 174 valence electrons. The summed E-state index contributed by atoms with van der Waals surface area (Å²) in [4.78, 5) is 38.3. The molecule has 2 N–H and O–H groups in total. The van der Waals surface area contributed by atoms with Crippen LogP contribution >= 0.6 is 0 Å². The number of aliphatic carboxylic acids is 1. The minimum atomic E-state index is -1.26. The predicted octanol–water partition coefficient (Wildman–Crippen LogP) is 3.01. The highest BCUT2D eigenvalue weighted by Gasteiger charge is 2.43.